The number of nitrogens with one attached hydrogen (secondary N) is 1. The summed E-state index contributed by atoms with van der Waals surface area (Å²) in [6.45, 7) is 5.60. The number of benzene rings is 4. The molecule has 7 nitrogen and oxygen atoms in total. The number of carbonyl (C=O) groups is 2. The Hall–Kier alpha value is -4.50. The molecule has 0 heterocycles. The second kappa shape index (κ2) is 14.8. The lowest BCUT2D eigenvalue weighted by Gasteiger charge is -2.34. The van der Waals surface area contributed by atoms with Gasteiger partial charge < -0.3 is 10.2 Å². The van der Waals surface area contributed by atoms with Crippen LogP contribution in [-0.2, 0) is 32.6 Å². The van der Waals surface area contributed by atoms with E-state index in [-0.39, 0.29) is 35.4 Å². The number of hydrogen-bond acceptors (Lipinski definition) is 4. The molecule has 0 aliphatic carbocycles. The standard InChI is InChI=1S/C35H38FN3O4S/c1-26(2)23-37-35(41)33(22-28-15-6-4-7-16-28)38(24-29-17-11-10-14-27(29)3)34(40)25-39(32-21-13-12-20-31(32)36)44(42,43)30-18-8-5-9-19-30/h4-21,26,33H,22-25H2,1-3H3,(H,37,41). The van der Waals surface area contributed by atoms with Crippen molar-refractivity contribution in [1.82, 2.24) is 10.2 Å². The summed E-state index contributed by atoms with van der Waals surface area (Å²) in [6.07, 6.45) is 0.202. The molecular formula is C35H38FN3O4S. The van der Waals surface area contributed by atoms with E-state index in [4.69, 9.17) is 0 Å². The summed E-state index contributed by atoms with van der Waals surface area (Å²) in [4.78, 5) is 29.6. The van der Waals surface area contributed by atoms with Crippen LogP contribution >= 0.6 is 0 Å². The summed E-state index contributed by atoms with van der Waals surface area (Å²) in [5, 5.41) is 2.96. The number of halogens is 1. The van der Waals surface area contributed by atoms with Gasteiger partial charge in [-0.1, -0.05) is 98.8 Å². The number of aryl methyl sites for hydroxylation is 1. The topological polar surface area (TPSA) is 86.8 Å². The molecule has 0 spiro atoms. The third-order valence-corrected chi connectivity index (χ3v) is 9.06. The molecule has 4 aromatic rings. The van der Waals surface area contributed by atoms with E-state index in [9.17, 15) is 18.0 Å². The highest BCUT2D eigenvalue weighted by molar-refractivity contribution is 7.92. The molecule has 0 aliphatic heterocycles. The van der Waals surface area contributed by atoms with E-state index in [0.29, 0.717) is 6.54 Å². The van der Waals surface area contributed by atoms with Crippen molar-refractivity contribution in [2.45, 2.75) is 44.7 Å². The van der Waals surface area contributed by atoms with Crippen LogP contribution in [0.25, 0.3) is 0 Å². The lowest BCUT2D eigenvalue weighted by Crippen LogP contribution is -2.54. The zero-order chi connectivity index (χ0) is 31.7. The largest absolute Gasteiger partial charge is 0.354 e. The van der Waals surface area contributed by atoms with Crippen molar-refractivity contribution in [2.75, 3.05) is 17.4 Å². The van der Waals surface area contributed by atoms with E-state index in [1.165, 1.54) is 35.2 Å². The summed E-state index contributed by atoms with van der Waals surface area (Å²) in [6, 6.07) is 28.9. The molecule has 0 radical (unpaired) electrons. The molecule has 0 aromatic heterocycles. The van der Waals surface area contributed by atoms with Crippen LogP contribution in [0.3, 0.4) is 0 Å². The lowest BCUT2D eigenvalue weighted by atomic mass is 10.0. The van der Waals surface area contributed by atoms with Gasteiger partial charge in [-0.3, -0.25) is 13.9 Å². The van der Waals surface area contributed by atoms with Crippen LogP contribution in [0, 0.1) is 18.7 Å². The second-order valence-electron chi connectivity index (χ2n) is 11.1. The number of para-hydroxylation sites is 1. The van der Waals surface area contributed by atoms with Crippen molar-refractivity contribution in [3.63, 3.8) is 0 Å². The predicted molar refractivity (Wildman–Crippen MR) is 171 cm³/mol. The first-order chi connectivity index (χ1) is 21.1. The summed E-state index contributed by atoms with van der Waals surface area (Å²) in [5.74, 6) is -1.62. The normalized spacial score (nSPS) is 12.0. The Morgan fingerprint density at radius 2 is 1.41 bits per heavy atom. The van der Waals surface area contributed by atoms with Crippen molar-refractivity contribution < 1.29 is 22.4 Å². The molecule has 0 bridgehead atoms. The van der Waals surface area contributed by atoms with Gasteiger partial charge in [0.1, 0.15) is 18.4 Å². The Morgan fingerprint density at radius 3 is 2.05 bits per heavy atom. The Kier molecular flexibility index (Phi) is 10.9. The number of carbonyl (C=O) groups excluding carboxylic acids is 2. The van der Waals surface area contributed by atoms with Gasteiger partial charge in [-0.05, 0) is 53.8 Å². The first-order valence-electron chi connectivity index (χ1n) is 14.6. The molecule has 0 fully saturated rings. The first kappa shape index (κ1) is 32.4. The van der Waals surface area contributed by atoms with Crippen molar-refractivity contribution in [3.8, 4) is 0 Å². The van der Waals surface area contributed by atoms with Crippen LogP contribution in [0.15, 0.2) is 114 Å². The molecule has 2 amide bonds. The van der Waals surface area contributed by atoms with Crippen molar-refractivity contribution in [3.05, 3.63) is 132 Å². The van der Waals surface area contributed by atoms with Crippen LogP contribution in [0.1, 0.15) is 30.5 Å². The van der Waals surface area contributed by atoms with Crippen LogP contribution in [0.4, 0.5) is 10.1 Å². The molecule has 4 rings (SSSR count). The molecule has 1 N–H and O–H groups in total. The molecule has 44 heavy (non-hydrogen) atoms. The molecule has 1 unspecified atom stereocenters. The van der Waals surface area contributed by atoms with Crippen molar-refractivity contribution in [2.24, 2.45) is 5.92 Å². The van der Waals surface area contributed by atoms with E-state index >= 15 is 4.39 Å². The monoisotopic (exact) mass is 615 g/mol. The van der Waals surface area contributed by atoms with E-state index < -0.39 is 34.3 Å². The highest BCUT2D eigenvalue weighted by atomic mass is 32.2. The van der Waals surface area contributed by atoms with E-state index in [1.807, 2.05) is 75.4 Å². The fourth-order valence-electron chi connectivity index (χ4n) is 4.83. The predicted octanol–water partition coefficient (Wildman–Crippen LogP) is 5.74. The number of sulfonamides is 1. The van der Waals surface area contributed by atoms with Crippen LogP contribution in [-0.4, -0.2) is 44.3 Å². The van der Waals surface area contributed by atoms with Gasteiger partial charge in [-0.2, -0.15) is 0 Å². The van der Waals surface area contributed by atoms with E-state index in [2.05, 4.69) is 5.32 Å². The zero-order valence-corrected chi connectivity index (χ0v) is 26.0. The van der Waals surface area contributed by atoms with Crippen molar-refractivity contribution in [1.29, 1.82) is 0 Å². The second-order valence-corrected chi connectivity index (χ2v) is 12.9. The van der Waals surface area contributed by atoms with Gasteiger partial charge in [0.15, 0.2) is 0 Å². The van der Waals surface area contributed by atoms with Crippen molar-refractivity contribution >= 4 is 27.5 Å². The fourth-order valence-corrected chi connectivity index (χ4v) is 6.28. The minimum absolute atomic E-state index is 0.0502. The van der Waals surface area contributed by atoms with Crippen LogP contribution < -0.4 is 9.62 Å². The molecule has 9 heteroatoms. The van der Waals surface area contributed by atoms with E-state index in [1.54, 1.807) is 18.2 Å². The van der Waals surface area contributed by atoms with Crippen LogP contribution in [0.5, 0.6) is 0 Å². The van der Waals surface area contributed by atoms with Crippen LogP contribution in [0.2, 0.25) is 0 Å². The molecule has 0 saturated carbocycles. The summed E-state index contributed by atoms with van der Waals surface area (Å²) >= 11 is 0. The quantitative estimate of drug-likeness (QED) is 0.208. The fraction of sp³-hybridized carbons (Fsp3) is 0.257. The molecule has 4 aromatic carbocycles. The maximum Gasteiger partial charge on any atom is 0.264 e. The average molecular weight is 616 g/mol. The van der Waals surface area contributed by atoms with Gasteiger partial charge in [-0.25, -0.2) is 12.8 Å². The first-order valence-corrected chi connectivity index (χ1v) is 16.0. The van der Waals surface area contributed by atoms with Gasteiger partial charge in [0.25, 0.3) is 10.0 Å². The Bertz CT molecular complexity index is 1660. The molecule has 0 aliphatic rings. The Balaban J connectivity index is 1.81. The lowest BCUT2D eigenvalue weighted by molar-refractivity contribution is -0.140. The number of hydrogen-bond donors (Lipinski definition) is 1. The third-order valence-electron chi connectivity index (χ3n) is 7.29. The summed E-state index contributed by atoms with van der Waals surface area (Å²) < 4.78 is 43.9. The van der Waals surface area contributed by atoms with Gasteiger partial charge >= 0.3 is 0 Å². The van der Waals surface area contributed by atoms with Gasteiger partial charge in [0.05, 0.1) is 10.6 Å². The van der Waals surface area contributed by atoms with Gasteiger partial charge in [-0.15, -0.1) is 0 Å². The SMILES string of the molecule is Cc1ccccc1CN(C(=O)CN(c1ccccc1F)S(=O)(=O)c1ccccc1)C(Cc1ccccc1)C(=O)NCC(C)C. The highest BCUT2D eigenvalue weighted by Crippen LogP contribution is 2.27. The number of amides is 2. The minimum atomic E-state index is -4.37. The molecule has 1 atom stereocenters. The smallest absolute Gasteiger partial charge is 0.264 e. The Labute approximate surface area is 259 Å². The van der Waals surface area contributed by atoms with Gasteiger partial charge in [0, 0.05) is 19.5 Å². The maximum atomic E-state index is 15.2. The number of nitrogens with zero attached hydrogens (tertiary/aromatic N) is 2. The number of rotatable bonds is 13. The van der Waals surface area contributed by atoms with Gasteiger partial charge in [0.2, 0.25) is 11.8 Å². The van der Waals surface area contributed by atoms with E-state index in [0.717, 1.165) is 27.1 Å². The summed E-state index contributed by atoms with van der Waals surface area (Å²) in [7, 11) is -4.37. The number of anilines is 1. The third kappa shape index (κ3) is 8.11. The summed E-state index contributed by atoms with van der Waals surface area (Å²) in [5.41, 5.74) is 2.29. The molecule has 0 saturated heterocycles. The maximum absolute atomic E-state index is 15.2. The highest BCUT2D eigenvalue weighted by Gasteiger charge is 2.35. The minimum Gasteiger partial charge on any atom is -0.354 e. The molecular weight excluding hydrogens is 577 g/mol. The Morgan fingerprint density at radius 1 is 0.818 bits per heavy atom. The average Bonchev–Trinajstić information content (AvgIpc) is 3.02. The molecule has 230 valence electrons. The zero-order valence-electron chi connectivity index (χ0n) is 25.2.